The zero-order valence-corrected chi connectivity index (χ0v) is 23.3. The summed E-state index contributed by atoms with van der Waals surface area (Å²) in [5.41, 5.74) is 4.82. The van der Waals surface area contributed by atoms with Crippen molar-refractivity contribution in [1.29, 1.82) is 0 Å². The molecule has 204 valence electrons. The van der Waals surface area contributed by atoms with Gasteiger partial charge in [-0.15, -0.1) is 0 Å². The number of hydrogen-bond donors (Lipinski definition) is 1. The number of rotatable bonds is 11. The van der Waals surface area contributed by atoms with Crippen LogP contribution in [0.4, 0.5) is 0 Å². The highest BCUT2D eigenvalue weighted by atomic mass is 16.5. The van der Waals surface area contributed by atoms with E-state index in [4.69, 9.17) is 4.74 Å². The first-order valence-electron chi connectivity index (χ1n) is 13.7. The lowest BCUT2D eigenvalue weighted by Gasteiger charge is -2.28. The average molecular weight is 527 g/mol. The van der Waals surface area contributed by atoms with Crippen LogP contribution in [0.15, 0.2) is 78.4 Å². The third kappa shape index (κ3) is 6.40. The van der Waals surface area contributed by atoms with Crippen molar-refractivity contribution in [2.24, 2.45) is 0 Å². The summed E-state index contributed by atoms with van der Waals surface area (Å²) in [6.07, 6.45) is 0.890. The van der Waals surface area contributed by atoms with Crippen LogP contribution in [0, 0.1) is 6.92 Å². The number of aliphatic hydroxyl groups is 1. The number of Topliss-reactive ketones (excluding diaryl/α,β-unsaturated/α-hetero) is 1. The molecule has 3 aromatic rings. The Hall–Kier alpha value is -3.90. The summed E-state index contributed by atoms with van der Waals surface area (Å²) in [6, 6.07) is 22.4. The second-order valence-corrected chi connectivity index (χ2v) is 9.91. The van der Waals surface area contributed by atoms with Crippen molar-refractivity contribution < 1.29 is 19.4 Å². The molecule has 0 bridgehead atoms. The average Bonchev–Trinajstić information content (AvgIpc) is 3.22. The highest BCUT2D eigenvalue weighted by molar-refractivity contribution is 6.46. The van der Waals surface area contributed by atoms with E-state index in [9.17, 15) is 14.7 Å². The van der Waals surface area contributed by atoms with Gasteiger partial charge in [0.1, 0.15) is 18.1 Å². The fraction of sp³-hybridized carbons (Fsp3) is 0.333. The number of amides is 1. The molecule has 39 heavy (non-hydrogen) atoms. The normalized spacial score (nSPS) is 16.7. The van der Waals surface area contributed by atoms with Gasteiger partial charge < -0.3 is 19.6 Å². The van der Waals surface area contributed by atoms with Crippen LogP contribution in [-0.4, -0.2) is 52.8 Å². The fourth-order valence-corrected chi connectivity index (χ4v) is 4.90. The zero-order chi connectivity index (χ0) is 27.9. The van der Waals surface area contributed by atoms with E-state index in [0.717, 1.165) is 30.6 Å². The van der Waals surface area contributed by atoms with Crippen LogP contribution in [0.1, 0.15) is 54.6 Å². The van der Waals surface area contributed by atoms with Crippen molar-refractivity contribution in [3.8, 4) is 5.75 Å². The molecule has 1 saturated heterocycles. The van der Waals surface area contributed by atoms with Crippen LogP contribution < -0.4 is 4.74 Å². The second-order valence-electron chi connectivity index (χ2n) is 9.91. The van der Waals surface area contributed by atoms with Gasteiger partial charge in [0.05, 0.1) is 11.6 Å². The molecule has 0 radical (unpaired) electrons. The number of carbonyl (C=O) groups is 2. The zero-order valence-electron chi connectivity index (χ0n) is 23.3. The molecule has 0 saturated carbocycles. The number of ketones is 1. The Morgan fingerprint density at radius 2 is 1.49 bits per heavy atom. The Bertz CT molecular complexity index is 1310. The van der Waals surface area contributed by atoms with Crippen LogP contribution >= 0.6 is 0 Å². The molecule has 1 atom stereocenters. The van der Waals surface area contributed by atoms with E-state index >= 15 is 0 Å². The lowest BCUT2D eigenvalue weighted by Crippen LogP contribution is -2.38. The highest BCUT2D eigenvalue weighted by Crippen LogP contribution is 2.39. The van der Waals surface area contributed by atoms with E-state index in [1.54, 1.807) is 29.2 Å². The smallest absolute Gasteiger partial charge is 0.295 e. The number of benzene rings is 3. The Morgan fingerprint density at radius 3 is 2.08 bits per heavy atom. The van der Waals surface area contributed by atoms with Gasteiger partial charge in [-0.3, -0.25) is 9.59 Å². The summed E-state index contributed by atoms with van der Waals surface area (Å²) < 4.78 is 5.90. The lowest BCUT2D eigenvalue weighted by molar-refractivity contribution is -0.140. The van der Waals surface area contributed by atoms with Gasteiger partial charge in [0, 0.05) is 18.7 Å². The topological polar surface area (TPSA) is 70.1 Å². The summed E-state index contributed by atoms with van der Waals surface area (Å²) >= 11 is 0. The van der Waals surface area contributed by atoms with Crippen LogP contribution in [-0.2, 0) is 22.6 Å². The molecule has 3 aromatic carbocycles. The molecule has 6 heteroatoms. The monoisotopic (exact) mass is 526 g/mol. The van der Waals surface area contributed by atoms with Crippen molar-refractivity contribution in [2.75, 3.05) is 26.2 Å². The predicted octanol–water partition coefficient (Wildman–Crippen LogP) is 5.90. The van der Waals surface area contributed by atoms with Crippen LogP contribution in [0.3, 0.4) is 0 Å². The number of carbonyl (C=O) groups excluding carboxylic acids is 2. The maximum absolute atomic E-state index is 13.3. The maximum Gasteiger partial charge on any atom is 0.295 e. The van der Waals surface area contributed by atoms with Gasteiger partial charge in [0.25, 0.3) is 11.7 Å². The van der Waals surface area contributed by atoms with Gasteiger partial charge in [-0.25, -0.2) is 0 Å². The molecule has 1 N–H and O–H groups in total. The number of likely N-dealkylation sites (N-methyl/N-ethyl adjacent to an activating group) is 1. The number of aliphatic hydroxyl groups excluding tert-OH is 1. The predicted molar refractivity (Wildman–Crippen MR) is 155 cm³/mol. The van der Waals surface area contributed by atoms with Crippen molar-refractivity contribution in [3.63, 3.8) is 0 Å². The van der Waals surface area contributed by atoms with E-state index in [1.807, 2.05) is 55.5 Å². The van der Waals surface area contributed by atoms with Crippen LogP contribution in [0.25, 0.3) is 5.76 Å². The number of aryl methyl sites for hydroxylation is 2. The van der Waals surface area contributed by atoms with E-state index in [0.29, 0.717) is 31.0 Å². The minimum Gasteiger partial charge on any atom is -0.507 e. The first-order chi connectivity index (χ1) is 18.9. The Kier molecular flexibility index (Phi) is 9.20. The summed E-state index contributed by atoms with van der Waals surface area (Å²) in [6.45, 7) is 11.5. The van der Waals surface area contributed by atoms with Crippen molar-refractivity contribution in [1.82, 2.24) is 9.80 Å². The standard InChI is InChI=1S/C33H38N2O4/c1-5-24-12-14-26(15-13-24)30-29(32(37)33(38)35(30)21-20-34(6-2)7-3)31(36)27-16-18-28(19-17-27)39-22-25-10-8-23(4)9-11-25/h8-19,30,36H,5-7,20-22H2,1-4H3. The molecule has 1 amide bonds. The molecule has 1 aliphatic rings. The van der Waals surface area contributed by atoms with Gasteiger partial charge in [-0.1, -0.05) is 74.9 Å². The Balaban J connectivity index is 1.63. The molecule has 1 unspecified atom stereocenters. The number of ether oxygens (including phenoxy) is 1. The molecular formula is C33H38N2O4. The van der Waals surface area contributed by atoms with Crippen LogP contribution in [0.2, 0.25) is 0 Å². The Morgan fingerprint density at radius 1 is 0.872 bits per heavy atom. The maximum atomic E-state index is 13.3. The molecule has 1 heterocycles. The summed E-state index contributed by atoms with van der Waals surface area (Å²) in [5.74, 6) is -0.755. The minimum atomic E-state index is -0.656. The largest absolute Gasteiger partial charge is 0.507 e. The lowest BCUT2D eigenvalue weighted by atomic mass is 9.94. The molecule has 0 aliphatic carbocycles. The third-order valence-electron chi connectivity index (χ3n) is 7.45. The number of likely N-dealkylation sites (tertiary alicyclic amines) is 1. The second kappa shape index (κ2) is 12.8. The molecule has 6 nitrogen and oxygen atoms in total. The van der Waals surface area contributed by atoms with E-state index in [2.05, 4.69) is 25.7 Å². The molecule has 0 aromatic heterocycles. The summed E-state index contributed by atoms with van der Waals surface area (Å²) in [5, 5.41) is 11.4. The third-order valence-corrected chi connectivity index (χ3v) is 7.45. The van der Waals surface area contributed by atoms with Crippen molar-refractivity contribution in [3.05, 3.63) is 106 Å². The quantitative estimate of drug-likeness (QED) is 0.191. The number of nitrogens with zero attached hydrogens (tertiary/aromatic N) is 2. The Labute approximate surface area is 231 Å². The van der Waals surface area contributed by atoms with Crippen molar-refractivity contribution >= 4 is 17.4 Å². The first-order valence-corrected chi connectivity index (χ1v) is 13.7. The molecule has 1 aliphatic heterocycles. The van der Waals surface area contributed by atoms with Gasteiger partial charge in [0.2, 0.25) is 0 Å². The molecule has 0 spiro atoms. The van der Waals surface area contributed by atoms with Gasteiger partial charge in [0.15, 0.2) is 0 Å². The van der Waals surface area contributed by atoms with Gasteiger partial charge in [-0.2, -0.15) is 0 Å². The molecular weight excluding hydrogens is 488 g/mol. The van der Waals surface area contributed by atoms with E-state index in [1.165, 1.54) is 11.1 Å². The van der Waals surface area contributed by atoms with Crippen LogP contribution in [0.5, 0.6) is 5.75 Å². The van der Waals surface area contributed by atoms with Crippen molar-refractivity contribution in [2.45, 2.75) is 46.8 Å². The molecule has 4 rings (SSSR count). The number of hydrogen-bond acceptors (Lipinski definition) is 5. The summed E-state index contributed by atoms with van der Waals surface area (Å²) in [7, 11) is 0. The van der Waals surface area contributed by atoms with E-state index in [-0.39, 0.29) is 11.3 Å². The molecule has 1 fully saturated rings. The minimum absolute atomic E-state index is 0.122. The van der Waals surface area contributed by atoms with Gasteiger partial charge >= 0.3 is 0 Å². The summed E-state index contributed by atoms with van der Waals surface area (Å²) in [4.78, 5) is 30.4. The first kappa shape index (κ1) is 28.1. The fourth-order valence-electron chi connectivity index (χ4n) is 4.90. The van der Waals surface area contributed by atoms with Gasteiger partial charge in [-0.05, 0) is 67.4 Å². The SMILES string of the molecule is CCc1ccc(C2C(=C(O)c3ccc(OCc4ccc(C)cc4)cc3)C(=O)C(=O)N2CCN(CC)CC)cc1. The highest BCUT2D eigenvalue weighted by Gasteiger charge is 2.45. The van der Waals surface area contributed by atoms with E-state index < -0.39 is 17.7 Å².